The van der Waals surface area contributed by atoms with Crippen molar-refractivity contribution in [2.24, 2.45) is 0 Å². The number of rotatable bonds is 8. The molecule has 1 aromatic rings. The van der Waals surface area contributed by atoms with Crippen molar-refractivity contribution in [2.75, 3.05) is 11.4 Å². The second-order valence-corrected chi connectivity index (χ2v) is 5.04. The van der Waals surface area contributed by atoms with E-state index in [0.29, 0.717) is 6.04 Å². The zero-order valence-electron chi connectivity index (χ0n) is 11.7. The van der Waals surface area contributed by atoms with Crippen LogP contribution >= 0.6 is 0 Å². The molecule has 0 aliphatic heterocycles. The molecule has 0 aliphatic carbocycles. The summed E-state index contributed by atoms with van der Waals surface area (Å²) in [5.41, 5.74) is 1.36. The van der Waals surface area contributed by atoms with E-state index < -0.39 is 0 Å². The van der Waals surface area contributed by atoms with Crippen molar-refractivity contribution < 1.29 is 0 Å². The summed E-state index contributed by atoms with van der Waals surface area (Å²) in [5.74, 6) is 0. The maximum absolute atomic E-state index is 2.51. The lowest BCUT2D eigenvalue weighted by Crippen LogP contribution is -2.31. The van der Waals surface area contributed by atoms with E-state index in [9.17, 15) is 0 Å². The Bertz CT molecular complexity index is 279. The Kier molecular flexibility index (Phi) is 6.76. The second kappa shape index (κ2) is 8.16. The molecule has 0 heterocycles. The molecule has 96 valence electrons. The third kappa shape index (κ3) is 5.25. The standard InChI is InChI=1S/C16H27N/c1-4-5-6-7-11-14-17(15(2)3)16-12-9-8-10-13-16/h8-10,12-13,15H,4-7,11,14H2,1-3H3. The zero-order valence-corrected chi connectivity index (χ0v) is 11.7. The lowest BCUT2D eigenvalue weighted by atomic mass is 10.1. The van der Waals surface area contributed by atoms with E-state index in [0.717, 1.165) is 0 Å². The van der Waals surface area contributed by atoms with Gasteiger partial charge in [0.1, 0.15) is 0 Å². The molecular weight excluding hydrogens is 206 g/mol. The molecule has 0 atom stereocenters. The highest BCUT2D eigenvalue weighted by atomic mass is 15.1. The summed E-state index contributed by atoms with van der Waals surface area (Å²) in [6.07, 6.45) is 6.77. The van der Waals surface area contributed by atoms with Gasteiger partial charge in [0.15, 0.2) is 0 Å². The van der Waals surface area contributed by atoms with Crippen molar-refractivity contribution in [1.82, 2.24) is 0 Å². The fraction of sp³-hybridized carbons (Fsp3) is 0.625. The molecule has 1 aromatic carbocycles. The molecule has 0 unspecified atom stereocenters. The molecule has 1 rings (SSSR count). The van der Waals surface area contributed by atoms with Crippen LogP contribution < -0.4 is 4.90 Å². The van der Waals surface area contributed by atoms with E-state index in [1.807, 2.05) is 0 Å². The third-order valence-electron chi connectivity index (χ3n) is 3.21. The highest BCUT2D eigenvalue weighted by molar-refractivity contribution is 5.46. The minimum absolute atomic E-state index is 0.587. The molecule has 0 aliphatic rings. The van der Waals surface area contributed by atoms with Gasteiger partial charge < -0.3 is 4.90 Å². The molecule has 17 heavy (non-hydrogen) atoms. The Morgan fingerprint density at radius 3 is 2.18 bits per heavy atom. The molecule has 0 aromatic heterocycles. The molecule has 0 amide bonds. The lowest BCUT2D eigenvalue weighted by Gasteiger charge is -2.29. The van der Waals surface area contributed by atoms with Crippen LogP contribution in [0, 0.1) is 0 Å². The van der Waals surface area contributed by atoms with Gasteiger partial charge in [-0.1, -0.05) is 50.8 Å². The van der Waals surface area contributed by atoms with Crippen LogP contribution in [0.2, 0.25) is 0 Å². The Labute approximate surface area is 107 Å². The number of hydrogen-bond acceptors (Lipinski definition) is 1. The van der Waals surface area contributed by atoms with Crippen LogP contribution in [-0.4, -0.2) is 12.6 Å². The van der Waals surface area contributed by atoms with Crippen molar-refractivity contribution in [2.45, 2.75) is 58.9 Å². The first-order valence-corrected chi connectivity index (χ1v) is 7.07. The van der Waals surface area contributed by atoms with E-state index in [2.05, 4.69) is 56.0 Å². The van der Waals surface area contributed by atoms with Gasteiger partial charge in [-0.05, 0) is 32.4 Å². The molecule has 0 bridgehead atoms. The predicted molar refractivity (Wildman–Crippen MR) is 77.7 cm³/mol. The highest BCUT2D eigenvalue weighted by Crippen LogP contribution is 2.17. The van der Waals surface area contributed by atoms with Crippen LogP contribution in [0.1, 0.15) is 52.9 Å². The molecular formula is C16H27N. The molecule has 1 nitrogen and oxygen atoms in total. The normalized spacial score (nSPS) is 10.8. The van der Waals surface area contributed by atoms with Crippen molar-refractivity contribution >= 4 is 5.69 Å². The molecule has 1 heteroatoms. The minimum atomic E-state index is 0.587. The van der Waals surface area contributed by atoms with Crippen LogP contribution in [0.15, 0.2) is 30.3 Å². The summed E-state index contributed by atoms with van der Waals surface area (Å²) in [4.78, 5) is 2.51. The summed E-state index contributed by atoms with van der Waals surface area (Å²) in [7, 11) is 0. The Balaban J connectivity index is 2.40. The van der Waals surface area contributed by atoms with Crippen molar-refractivity contribution in [3.63, 3.8) is 0 Å². The average Bonchev–Trinajstić information content (AvgIpc) is 2.34. The van der Waals surface area contributed by atoms with Crippen LogP contribution in [0.5, 0.6) is 0 Å². The molecule has 0 saturated heterocycles. The number of anilines is 1. The van der Waals surface area contributed by atoms with E-state index >= 15 is 0 Å². The molecule has 0 spiro atoms. The lowest BCUT2D eigenvalue weighted by molar-refractivity contribution is 0.594. The van der Waals surface area contributed by atoms with Crippen molar-refractivity contribution in [3.05, 3.63) is 30.3 Å². The fourth-order valence-corrected chi connectivity index (χ4v) is 2.19. The second-order valence-electron chi connectivity index (χ2n) is 5.04. The fourth-order valence-electron chi connectivity index (χ4n) is 2.19. The van der Waals surface area contributed by atoms with Gasteiger partial charge in [0.05, 0.1) is 0 Å². The van der Waals surface area contributed by atoms with Gasteiger partial charge in [-0.25, -0.2) is 0 Å². The maximum atomic E-state index is 2.51. The largest absolute Gasteiger partial charge is 0.369 e. The number of benzene rings is 1. The Morgan fingerprint density at radius 1 is 0.941 bits per heavy atom. The van der Waals surface area contributed by atoms with Gasteiger partial charge in [0.25, 0.3) is 0 Å². The van der Waals surface area contributed by atoms with E-state index in [4.69, 9.17) is 0 Å². The SMILES string of the molecule is CCCCCCCN(c1ccccc1)C(C)C. The van der Waals surface area contributed by atoms with Crippen molar-refractivity contribution in [1.29, 1.82) is 0 Å². The summed E-state index contributed by atoms with van der Waals surface area (Å²) >= 11 is 0. The quantitative estimate of drug-likeness (QED) is 0.579. The first kappa shape index (κ1) is 14.1. The number of nitrogens with zero attached hydrogens (tertiary/aromatic N) is 1. The smallest absolute Gasteiger partial charge is 0.0368 e. The highest BCUT2D eigenvalue weighted by Gasteiger charge is 2.08. The van der Waals surface area contributed by atoms with E-state index in [1.54, 1.807) is 0 Å². The number of unbranched alkanes of at least 4 members (excludes halogenated alkanes) is 4. The maximum Gasteiger partial charge on any atom is 0.0368 e. The van der Waals surface area contributed by atoms with E-state index in [-0.39, 0.29) is 0 Å². The summed E-state index contributed by atoms with van der Waals surface area (Å²) in [6, 6.07) is 11.4. The van der Waals surface area contributed by atoms with Gasteiger partial charge in [-0.15, -0.1) is 0 Å². The Morgan fingerprint density at radius 2 is 1.59 bits per heavy atom. The first-order chi connectivity index (χ1) is 8.25. The molecule has 0 saturated carbocycles. The Hall–Kier alpha value is -0.980. The average molecular weight is 233 g/mol. The predicted octanol–water partition coefficient (Wildman–Crippen LogP) is 4.87. The van der Waals surface area contributed by atoms with Crippen LogP contribution in [-0.2, 0) is 0 Å². The van der Waals surface area contributed by atoms with Gasteiger partial charge in [-0.3, -0.25) is 0 Å². The van der Waals surface area contributed by atoms with Gasteiger partial charge in [0.2, 0.25) is 0 Å². The van der Waals surface area contributed by atoms with Crippen LogP contribution in [0.4, 0.5) is 5.69 Å². The molecule has 0 N–H and O–H groups in total. The van der Waals surface area contributed by atoms with Crippen LogP contribution in [0.25, 0.3) is 0 Å². The molecule has 0 fully saturated rings. The van der Waals surface area contributed by atoms with Crippen LogP contribution in [0.3, 0.4) is 0 Å². The van der Waals surface area contributed by atoms with Gasteiger partial charge >= 0.3 is 0 Å². The zero-order chi connectivity index (χ0) is 12.5. The first-order valence-electron chi connectivity index (χ1n) is 7.07. The van der Waals surface area contributed by atoms with Gasteiger partial charge in [-0.2, -0.15) is 0 Å². The molecule has 0 radical (unpaired) electrons. The summed E-state index contributed by atoms with van der Waals surface area (Å²) in [6.45, 7) is 8.01. The van der Waals surface area contributed by atoms with Crippen molar-refractivity contribution in [3.8, 4) is 0 Å². The number of hydrogen-bond donors (Lipinski definition) is 0. The minimum Gasteiger partial charge on any atom is -0.369 e. The topological polar surface area (TPSA) is 3.24 Å². The monoisotopic (exact) mass is 233 g/mol. The summed E-state index contributed by atoms with van der Waals surface area (Å²) < 4.78 is 0. The van der Waals surface area contributed by atoms with Gasteiger partial charge in [0, 0.05) is 18.3 Å². The number of para-hydroxylation sites is 1. The third-order valence-corrected chi connectivity index (χ3v) is 3.21. The van der Waals surface area contributed by atoms with E-state index in [1.165, 1.54) is 44.3 Å². The summed E-state index contributed by atoms with van der Waals surface area (Å²) in [5, 5.41) is 0.